The molecule has 1 aromatic heterocycles. The van der Waals surface area contributed by atoms with Gasteiger partial charge in [-0.05, 0) is 62.4 Å². The summed E-state index contributed by atoms with van der Waals surface area (Å²) >= 11 is 3.13. The van der Waals surface area contributed by atoms with Crippen LogP contribution >= 0.6 is 15.9 Å². The monoisotopic (exact) mass is 489 g/mol. The summed E-state index contributed by atoms with van der Waals surface area (Å²) < 4.78 is 34.0. The van der Waals surface area contributed by atoms with Gasteiger partial charge in [0.05, 0.1) is 17.1 Å². The Labute approximate surface area is 185 Å². The SMILES string of the molecule is Cc1nn(-c2ccc(F)cc2)c(C)c1/C=C/C(=O)OCC(=O)Nc1ccc(Br)cc1F. The second-order valence-corrected chi connectivity index (χ2v) is 7.50. The normalized spacial score (nSPS) is 11.0. The lowest BCUT2D eigenvalue weighted by Crippen LogP contribution is -2.20. The molecule has 0 radical (unpaired) electrons. The number of hydrogen-bond donors (Lipinski definition) is 1. The van der Waals surface area contributed by atoms with Crippen molar-refractivity contribution in [3.8, 4) is 5.69 Å². The van der Waals surface area contributed by atoms with Gasteiger partial charge in [-0.1, -0.05) is 15.9 Å². The maximum absolute atomic E-state index is 13.7. The number of ether oxygens (including phenoxy) is 1. The van der Waals surface area contributed by atoms with Crippen LogP contribution in [0.2, 0.25) is 0 Å². The van der Waals surface area contributed by atoms with Crippen molar-refractivity contribution in [1.29, 1.82) is 0 Å². The lowest BCUT2D eigenvalue weighted by atomic mass is 10.2. The molecule has 1 heterocycles. The highest BCUT2D eigenvalue weighted by molar-refractivity contribution is 9.10. The molecule has 3 rings (SSSR count). The Hall–Kier alpha value is -3.33. The molecule has 6 nitrogen and oxygen atoms in total. The number of halogens is 3. The summed E-state index contributed by atoms with van der Waals surface area (Å²) in [5.41, 5.74) is 2.77. The van der Waals surface area contributed by atoms with E-state index in [1.165, 1.54) is 36.4 Å². The van der Waals surface area contributed by atoms with E-state index in [-0.39, 0.29) is 11.5 Å². The van der Waals surface area contributed by atoms with Crippen LogP contribution in [0.3, 0.4) is 0 Å². The quantitative estimate of drug-likeness (QED) is 0.401. The van der Waals surface area contributed by atoms with Gasteiger partial charge < -0.3 is 10.1 Å². The summed E-state index contributed by atoms with van der Waals surface area (Å²) in [6, 6.07) is 10.1. The number of nitrogens with one attached hydrogen (secondary N) is 1. The second-order valence-electron chi connectivity index (χ2n) is 6.59. The van der Waals surface area contributed by atoms with Crippen molar-refractivity contribution < 1.29 is 23.1 Å². The first-order chi connectivity index (χ1) is 14.7. The maximum atomic E-state index is 13.7. The minimum Gasteiger partial charge on any atom is -0.452 e. The lowest BCUT2D eigenvalue weighted by Gasteiger charge is -2.06. The van der Waals surface area contributed by atoms with Gasteiger partial charge in [0.2, 0.25) is 0 Å². The number of aromatic nitrogens is 2. The van der Waals surface area contributed by atoms with Crippen LogP contribution in [-0.4, -0.2) is 28.3 Å². The molecule has 0 aliphatic carbocycles. The second kappa shape index (κ2) is 9.65. The molecule has 1 N–H and O–H groups in total. The minimum absolute atomic E-state index is 0.0146. The average molecular weight is 490 g/mol. The Balaban J connectivity index is 1.61. The molecule has 0 saturated carbocycles. The number of carbonyl (C=O) groups excluding carboxylic acids is 2. The summed E-state index contributed by atoms with van der Waals surface area (Å²) in [5.74, 6) is -2.36. The molecule has 3 aromatic rings. The summed E-state index contributed by atoms with van der Waals surface area (Å²) in [6.07, 6.45) is 2.71. The molecule has 0 bridgehead atoms. The van der Waals surface area contributed by atoms with Crippen LogP contribution in [0.15, 0.2) is 53.0 Å². The molecule has 0 atom stereocenters. The fourth-order valence-electron chi connectivity index (χ4n) is 2.84. The highest BCUT2D eigenvalue weighted by Gasteiger charge is 2.12. The Bertz CT molecular complexity index is 1160. The number of hydrogen-bond acceptors (Lipinski definition) is 4. The zero-order valence-corrected chi connectivity index (χ0v) is 18.2. The van der Waals surface area contributed by atoms with Crippen LogP contribution in [0.25, 0.3) is 11.8 Å². The number of anilines is 1. The summed E-state index contributed by atoms with van der Waals surface area (Å²) in [4.78, 5) is 23.9. The van der Waals surface area contributed by atoms with Gasteiger partial charge in [0.1, 0.15) is 11.6 Å². The molecule has 31 heavy (non-hydrogen) atoms. The zero-order valence-electron chi connectivity index (χ0n) is 16.7. The summed E-state index contributed by atoms with van der Waals surface area (Å²) in [5, 5.41) is 6.75. The molecule has 0 spiro atoms. The first-order valence-corrected chi connectivity index (χ1v) is 9.96. The van der Waals surface area contributed by atoms with Gasteiger partial charge in [0.25, 0.3) is 5.91 Å². The van der Waals surface area contributed by atoms with E-state index in [2.05, 4.69) is 26.3 Å². The number of rotatable bonds is 6. The zero-order chi connectivity index (χ0) is 22.5. The Morgan fingerprint density at radius 3 is 2.55 bits per heavy atom. The number of aryl methyl sites for hydroxylation is 1. The van der Waals surface area contributed by atoms with Crippen molar-refractivity contribution in [2.75, 3.05) is 11.9 Å². The van der Waals surface area contributed by atoms with Gasteiger partial charge in [-0.25, -0.2) is 18.3 Å². The standard InChI is InChI=1S/C22H18BrF2N3O3/c1-13-18(14(2)28(27-13)17-6-4-16(24)5-7-17)8-10-22(30)31-12-21(29)26-20-9-3-15(23)11-19(20)25/h3-11H,12H2,1-2H3,(H,26,29)/b10-8+. The lowest BCUT2D eigenvalue weighted by molar-refractivity contribution is -0.142. The molecule has 160 valence electrons. The minimum atomic E-state index is -0.736. The molecule has 2 aromatic carbocycles. The maximum Gasteiger partial charge on any atom is 0.331 e. The molecule has 0 fully saturated rings. The van der Waals surface area contributed by atoms with Crippen molar-refractivity contribution in [3.63, 3.8) is 0 Å². The molecule has 1 amide bonds. The van der Waals surface area contributed by atoms with Crippen molar-refractivity contribution in [2.45, 2.75) is 13.8 Å². The average Bonchev–Trinajstić information content (AvgIpc) is 3.01. The topological polar surface area (TPSA) is 73.2 Å². The van der Waals surface area contributed by atoms with E-state index in [1.807, 2.05) is 6.92 Å². The van der Waals surface area contributed by atoms with Crippen LogP contribution in [-0.2, 0) is 14.3 Å². The molecular weight excluding hydrogens is 472 g/mol. The number of amides is 1. The third-order valence-corrected chi connectivity index (χ3v) is 4.85. The van der Waals surface area contributed by atoms with Gasteiger partial charge in [-0.3, -0.25) is 4.79 Å². The third kappa shape index (κ3) is 5.64. The smallest absolute Gasteiger partial charge is 0.331 e. The Morgan fingerprint density at radius 2 is 1.87 bits per heavy atom. The van der Waals surface area contributed by atoms with Crippen molar-refractivity contribution in [3.05, 3.63) is 81.6 Å². The number of nitrogens with zero attached hydrogens (tertiary/aromatic N) is 2. The van der Waals surface area contributed by atoms with E-state index < -0.39 is 24.3 Å². The van der Waals surface area contributed by atoms with E-state index in [0.29, 0.717) is 21.4 Å². The number of esters is 1. The molecule has 0 aliphatic rings. The third-order valence-electron chi connectivity index (χ3n) is 4.36. The van der Waals surface area contributed by atoms with Gasteiger partial charge in [0.15, 0.2) is 6.61 Å². The largest absolute Gasteiger partial charge is 0.452 e. The number of carbonyl (C=O) groups is 2. The predicted octanol–water partition coefficient (Wildman–Crippen LogP) is 4.72. The molecule has 9 heteroatoms. The van der Waals surface area contributed by atoms with E-state index in [0.717, 1.165) is 5.69 Å². The molecule has 0 unspecified atom stereocenters. The summed E-state index contributed by atoms with van der Waals surface area (Å²) in [7, 11) is 0. The van der Waals surface area contributed by atoms with Crippen LogP contribution in [0.4, 0.5) is 14.5 Å². The van der Waals surface area contributed by atoms with E-state index in [1.54, 1.807) is 29.8 Å². The Morgan fingerprint density at radius 1 is 1.16 bits per heavy atom. The Kier molecular flexibility index (Phi) is 6.96. The fraction of sp³-hybridized carbons (Fsp3) is 0.136. The van der Waals surface area contributed by atoms with Gasteiger partial charge in [0, 0.05) is 21.8 Å². The summed E-state index contributed by atoms with van der Waals surface area (Å²) in [6.45, 7) is 3.03. The van der Waals surface area contributed by atoms with Crippen molar-refractivity contribution in [1.82, 2.24) is 9.78 Å². The molecule has 0 aliphatic heterocycles. The van der Waals surface area contributed by atoms with Crippen LogP contribution < -0.4 is 5.32 Å². The molecular formula is C22H18BrF2N3O3. The van der Waals surface area contributed by atoms with Crippen LogP contribution in [0.5, 0.6) is 0 Å². The predicted molar refractivity (Wildman–Crippen MR) is 116 cm³/mol. The van der Waals surface area contributed by atoms with E-state index >= 15 is 0 Å². The van der Waals surface area contributed by atoms with Gasteiger partial charge >= 0.3 is 5.97 Å². The first-order valence-electron chi connectivity index (χ1n) is 9.16. The van der Waals surface area contributed by atoms with E-state index in [4.69, 9.17) is 4.74 Å². The van der Waals surface area contributed by atoms with Gasteiger partial charge in [-0.15, -0.1) is 0 Å². The van der Waals surface area contributed by atoms with Gasteiger partial charge in [-0.2, -0.15) is 5.10 Å². The first kappa shape index (κ1) is 22.4. The number of benzene rings is 2. The van der Waals surface area contributed by atoms with Crippen LogP contribution in [0.1, 0.15) is 17.0 Å². The molecule has 0 saturated heterocycles. The highest BCUT2D eigenvalue weighted by Crippen LogP contribution is 2.20. The fourth-order valence-corrected chi connectivity index (χ4v) is 3.18. The highest BCUT2D eigenvalue weighted by atomic mass is 79.9. The van der Waals surface area contributed by atoms with E-state index in [9.17, 15) is 18.4 Å². The van der Waals surface area contributed by atoms with Crippen molar-refractivity contribution >= 4 is 39.6 Å². The van der Waals surface area contributed by atoms with Crippen molar-refractivity contribution in [2.24, 2.45) is 0 Å². The van der Waals surface area contributed by atoms with Crippen LogP contribution in [0, 0.1) is 25.5 Å².